The number of para-hydroxylation sites is 1. The Morgan fingerprint density at radius 1 is 1.26 bits per heavy atom. The Labute approximate surface area is 115 Å². The summed E-state index contributed by atoms with van der Waals surface area (Å²) in [5.74, 6) is 0.586. The first-order valence-electron chi connectivity index (χ1n) is 7.48. The topological polar surface area (TPSA) is 41.5 Å². The van der Waals surface area contributed by atoms with Crippen LogP contribution in [0.5, 0.6) is 0 Å². The number of benzene rings is 1. The highest BCUT2D eigenvalue weighted by Crippen LogP contribution is 2.44. The molecule has 0 aromatic heterocycles. The molecule has 1 saturated heterocycles. The number of unbranched alkanes of at least 4 members (excludes halogenated alkanes) is 1. The van der Waals surface area contributed by atoms with E-state index in [2.05, 4.69) is 29.6 Å². The van der Waals surface area contributed by atoms with Gasteiger partial charge < -0.3 is 15.2 Å². The van der Waals surface area contributed by atoms with Gasteiger partial charge in [-0.2, -0.15) is 0 Å². The highest BCUT2D eigenvalue weighted by molar-refractivity contribution is 5.55. The maximum Gasteiger partial charge on any atom is 0.0892 e. The standard InChI is InChI=1S/C16H23NO2/c18-10-4-3-9-15-13-7-5-11-19-16(13)12-6-1-2-8-14(12)17-15/h1-2,6,8,13,15-18H,3-5,7,9-11H2/t13-,15-,16+/m1/s1. The van der Waals surface area contributed by atoms with E-state index in [1.807, 2.05) is 0 Å². The molecule has 3 rings (SSSR count). The van der Waals surface area contributed by atoms with E-state index in [0.29, 0.717) is 18.6 Å². The third-order valence-electron chi connectivity index (χ3n) is 4.42. The molecule has 0 spiro atoms. The van der Waals surface area contributed by atoms with E-state index in [-0.39, 0.29) is 6.10 Å². The lowest BCUT2D eigenvalue weighted by Gasteiger charge is -2.43. The number of aliphatic hydroxyl groups is 1. The number of hydrogen-bond acceptors (Lipinski definition) is 3. The lowest BCUT2D eigenvalue weighted by atomic mass is 9.78. The van der Waals surface area contributed by atoms with Crippen molar-refractivity contribution in [2.75, 3.05) is 18.5 Å². The summed E-state index contributed by atoms with van der Waals surface area (Å²) in [6.45, 7) is 1.19. The minimum absolute atomic E-state index is 0.269. The van der Waals surface area contributed by atoms with Crippen LogP contribution < -0.4 is 5.32 Å². The summed E-state index contributed by atoms with van der Waals surface area (Å²) >= 11 is 0. The van der Waals surface area contributed by atoms with Crippen LogP contribution in [0, 0.1) is 5.92 Å². The zero-order valence-corrected chi connectivity index (χ0v) is 11.3. The molecule has 3 atom stereocenters. The zero-order chi connectivity index (χ0) is 13.1. The molecule has 2 N–H and O–H groups in total. The van der Waals surface area contributed by atoms with E-state index in [1.165, 1.54) is 24.1 Å². The van der Waals surface area contributed by atoms with Gasteiger partial charge in [0, 0.05) is 36.4 Å². The number of hydrogen-bond donors (Lipinski definition) is 2. The quantitative estimate of drug-likeness (QED) is 0.818. The molecule has 0 radical (unpaired) electrons. The van der Waals surface area contributed by atoms with Gasteiger partial charge in [-0.05, 0) is 38.2 Å². The summed E-state index contributed by atoms with van der Waals surface area (Å²) in [6, 6.07) is 9.02. The van der Waals surface area contributed by atoms with Gasteiger partial charge in [0.15, 0.2) is 0 Å². The minimum atomic E-state index is 0.269. The Morgan fingerprint density at radius 3 is 3.05 bits per heavy atom. The molecule has 3 heteroatoms. The van der Waals surface area contributed by atoms with E-state index in [4.69, 9.17) is 9.84 Å². The van der Waals surface area contributed by atoms with E-state index in [9.17, 15) is 0 Å². The third-order valence-corrected chi connectivity index (χ3v) is 4.42. The predicted octanol–water partition coefficient (Wildman–Crippen LogP) is 3.11. The Balaban J connectivity index is 1.79. The summed E-state index contributed by atoms with van der Waals surface area (Å²) in [5.41, 5.74) is 2.56. The van der Waals surface area contributed by atoms with Gasteiger partial charge in [-0.15, -0.1) is 0 Å². The van der Waals surface area contributed by atoms with Crippen LogP contribution in [-0.4, -0.2) is 24.4 Å². The molecule has 2 aliphatic rings. The molecular formula is C16H23NO2. The van der Waals surface area contributed by atoms with Crippen molar-refractivity contribution < 1.29 is 9.84 Å². The van der Waals surface area contributed by atoms with Crippen LogP contribution in [0.2, 0.25) is 0 Å². The maximum absolute atomic E-state index is 8.94. The molecule has 1 aromatic rings. The van der Waals surface area contributed by atoms with E-state index in [1.54, 1.807) is 0 Å². The maximum atomic E-state index is 8.94. The monoisotopic (exact) mass is 261 g/mol. The molecule has 0 saturated carbocycles. The first-order valence-corrected chi connectivity index (χ1v) is 7.48. The molecule has 0 amide bonds. The number of rotatable bonds is 4. The second kappa shape index (κ2) is 5.93. The average Bonchev–Trinajstić information content (AvgIpc) is 2.47. The second-order valence-corrected chi connectivity index (χ2v) is 5.65. The molecule has 1 fully saturated rings. The number of nitrogens with one attached hydrogen (secondary N) is 1. The smallest absolute Gasteiger partial charge is 0.0892 e. The summed E-state index contributed by atoms with van der Waals surface area (Å²) < 4.78 is 6.06. The van der Waals surface area contributed by atoms with Gasteiger partial charge >= 0.3 is 0 Å². The molecule has 1 aromatic carbocycles. The lowest BCUT2D eigenvalue weighted by Crippen LogP contribution is -2.41. The second-order valence-electron chi connectivity index (χ2n) is 5.65. The largest absolute Gasteiger partial charge is 0.396 e. The Morgan fingerprint density at radius 2 is 2.16 bits per heavy atom. The van der Waals surface area contributed by atoms with E-state index >= 15 is 0 Å². The van der Waals surface area contributed by atoms with Crippen molar-refractivity contribution >= 4 is 5.69 Å². The van der Waals surface area contributed by atoms with Gasteiger partial charge in [-0.25, -0.2) is 0 Å². The SMILES string of the molecule is OCCCC[C@H]1Nc2ccccc2[C@@H]2OCCC[C@H]12. The van der Waals surface area contributed by atoms with Crippen LogP contribution in [0.3, 0.4) is 0 Å². The van der Waals surface area contributed by atoms with E-state index in [0.717, 1.165) is 25.9 Å². The molecule has 2 aliphatic heterocycles. The zero-order valence-electron chi connectivity index (χ0n) is 11.3. The van der Waals surface area contributed by atoms with Gasteiger partial charge in [0.05, 0.1) is 6.10 Å². The lowest BCUT2D eigenvalue weighted by molar-refractivity contribution is -0.0387. The van der Waals surface area contributed by atoms with Gasteiger partial charge in [-0.3, -0.25) is 0 Å². The summed E-state index contributed by atoms with van der Waals surface area (Å²) in [4.78, 5) is 0. The highest BCUT2D eigenvalue weighted by Gasteiger charge is 2.38. The molecule has 3 nitrogen and oxygen atoms in total. The Bertz CT molecular complexity index is 421. The Kier molecular flexibility index (Phi) is 4.04. The van der Waals surface area contributed by atoms with Crippen LogP contribution in [0.1, 0.15) is 43.8 Å². The van der Waals surface area contributed by atoms with Crippen LogP contribution >= 0.6 is 0 Å². The number of ether oxygens (including phenoxy) is 1. The Hall–Kier alpha value is -1.06. The van der Waals surface area contributed by atoms with Gasteiger partial charge in [0.1, 0.15) is 0 Å². The van der Waals surface area contributed by atoms with Crippen molar-refractivity contribution in [2.24, 2.45) is 5.92 Å². The fourth-order valence-electron chi connectivity index (χ4n) is 3.48. The molecule has 0 unspecified atom stereocenters. The van der Waals surface area contributed by atoms with Gasteiger partial charge in [0.25, 0.3) is 0 Å². The average molecular weight is 261 g/mol. The predicted molar refractivity (Wildman–Crippen MR) is 76.2 cm³/mol. The number of anilines is 1. The van der Waals surface area contributed by atoms with Crippen LogP contribution in [0.25, 0.3) is 0 Å². The normalized spacial score (nSPS) is 29.2. The van der Waals surface area contributed by atoms with Crippen molar-refractivity contribution in [3.63, 3.8) is 0 Å². The molecule has 104 valence electrons. The van der Waals surface area contributed by atoms with Crippen molar-refractivity contribution in [3.8, 4) is 0 Å². The molecule has 0 aliphatic carbocycles. The first kappa shape index (κ1) is 12.9. The summed E-state index contributed by atoms with van der Waals surface area (Å²) in [6.07, 6.45) is 5.79. The molecule has 2 heterocycles. The number of fused-ring (bicyclic) bond motifs is 3. The van der Waals surface area contributed by atoms with Crippen LogP contribution in [0.4, 0.5) is 5.69 Å². The van der Waals surface area contributed by atoms with Gasteiger partial charge in [0.2, 0.25) is 0 Å². The molecular weight excluding hydrogens is 238 g/mol. The van der Waals surface area contributed by atoms with Crippen LogP contribution in [-0.2, 0) is 4.74 Å². The minimum Gasteiger partial charge on any atom is -0.396 e. The summed E-state index contributed by atoms with van der Waals surface area (Å²) in [5, 5.41) is 12.6. The highest BCUT2D eigenvalue weighted by atomic mass is 16.5. The third kappa shape index (κ3) is 2.63. The van der Waals surface area contributed by atoms with Crippen molar-refractivity contribution in [1.82, 2.24) is 0 Å². The van der Waals surface area contributed by atoms with Crippen molar-refractivity contribution in [2.45, 2.75) is 44.2 Å². The fraction of sp³-hybridized carbons (Fsp3) is 0.625. The van der Waals surface area contributed by atoms with Crippen molar-refractivity contribution in [3.05, 3.63) is 29.8 Å². The first-order chi connectivity index (χ1) is 9.40. The van der Waals surface area contributed by atoms with Gasteiger partial charge in [-0.1, -0.05) is 18.2 Å². The number of aliphatic hydroxyl groups excluding tert-OH is 1. The fourth-order valence-corrected chi connectivity index (χ4v) is 3.48. The molecule has 19 heavy (non-hydrogen) atoms. The molecule has 0 bridgehead atoms. The van der Waals surface area contributed by atoms with Crippen molar-refractivity contribution in [1.29, 1.82) is 0 Å². The van der Waals surface area contributed by atoms with Crippen LogP contribution in [0.15, 0.2) is 24.3 Å². The van der Waals surface area contributed by atoms with E-state index < -0.39 is 0 Å². The summed E-state index contributed by atoms with van der Waals surface area (Å²) in [7, 11) is 0.